The topological polar surface area (TPSA) is 78.9 Å². The number of hydrogen-bond acceptors (Lipinski definition) is 5. The maximum Gasteiger partial charge on any atom is 0.182 e. The zero-order valence-electron chi connectivity index (χ0n) is 11.6. The fraction of sp³-hybridized carbons (Fsp3) is 0.500. The van der Waals surface area contributed by atoms with Crippen molar-refractivity contribution in [3.05, 3.63) is 23.8 Å². The smallest absolute Gasteiger partial charge is 0.182 e. The Bertz CT molecular complexity index is 589. The molecule has 1 aromatic heterocycles. The number of nitrogens with two attached hydrogens (primary N) is 1. The van der Waals surface area contributed by atoms with Gasteiger partial charge in [0.15, 0.2) is 5.82 Å². The molecule has 0 aliphatic carbocycles. The van der Waals surface area contributed by atoms with Gasteiger partial charge >= 0.3 is 0 Å². The van der Waals surface area contributed by atoms with E-state index in [-0.39, 0.29) is 0 Å². The molecule has 6 heteroatoms. The highest BCUT2D eigenvalue weighted by Crippen LogP contribution is 2.24. The zero-order valence-corrected chi connectivity index (χ0v) is 11.6. The van der Waals surface area contributed by atoms with Gasteiger partial charge in [0, 0.05) is 23.8 Å². The summed E-state index contributed by atoms with van der Waals surface area (Å²) in [6.45, 7) is 4.48. The quantitative estimate of drug-likeness (QED) is 0.860. The van der Waals surface area contributed by atoms with Crippen LogP contribution in [-0.4, -0.2) is 33.4 Å². The molecule has 20 heavy (non-hydrogen) atoms. The van der Waals surface area contributed by atoms with Crippen LogP contribution in [0.2, 0.25) is 0 Å². The van der Waals surface area contributed by atoms with Gasteiger partial charge in [0.1, 0.15) is 0 Å². The van der Waals surface area contributed by atoms with Crippen molar-refractivity contribution in [3.63, 3.8) is 0 Å². The molecule has 1 aromatic carbocycles. The van der Waals surface area contributed by atoms with Gasteiger partial charge in [0.2, 0.25) is 0 Å². The first-order valence-electron chi connectivity index (χ1n) is 6.94. The molecule has 0 amide bonds. The number of hydrogen-bond donors (Lipinski definition) is 1. The van der Waals surface area contributed by atoms with E-state index in [1.54, 1.807) is 0 Å². The van der Waals surface area contributed by atoms with Gasteiger partial charge < -0.3 is 10.5 Å². The number of rotatable bonds is 3. The Hall–Kier alpha value is -1.95. The van der Waals surface area contributed by atoms with Crippen molar-refractivity contribution in [2.45, 2.75) is 26.3 Å². The predicted molar refractivity (Wildman–Crippen MR) is 75.9 cm³/mol. The van der Waals surface area contributed by atoms with Gasteiger partial charge in [-0.2, -0.15) is 0 Å². The average Bonchev–Trinajstić information content (AvgIpc) is 2.91. The minimum Gasteiger partial charge on any atom is -0.399 e. The predicted octanol–water partition coefficient (Wildman–Crippen LogP) is 1.66. The Kier molecular flexibility index (Phi) is 3.64. The number of anilines is 1. The minimum atomic E-state index is 0.479. The highest BCUT2D eigenvalue weighted by atomic mass is 16.5. The lowest BCUT2D eigenvalue weighted by Gasteiger charge is -2.22. The van der Waals surface area contributed by atoms with E-state index in [1.807, 2.05) is 29.8 Å². The molecule has 0 bridgehead atoms. The van der Waals surface area contributed by atoms with Gasteiger partial charge in [-0.05, 0) is 47.9 Å². The van der Waals surface area contributed by atoms with Gasteiger partial charge in [0.05, 0.1) is 13.2 Å². The molecule has 1 atom stereocenters. The molecule has 1 aliphatic heterocycles. The van der Waals surface area contributed by atoms with Crippen LogP contribution in [0.1, 0.15) is 18.4 Å². The summed E-state index contributed by atoms with van der Waals surface area (Å²) < 4.78 is 7.38. The van der Waals surface area contributed by atoms with Crippen LogP contribution in [0.15, 0.2) is 18.2 Å². The van der Waals surface area contributed by atoms with Crippen LogP contribution >= 0.6 is 0 Å². The first-order valence-corrected chi connectivity index (χ1v) is 6.94. The van der Waals surface area contributed by atoms with E-state index in [0.717, 1.165) is 55.2 Å². The summed E-state index contributed by atoms with van der Waals surface area (Å²) in [4.78, 5) is 0. The molecule has 1 fully saturated rings. The molecule has 0 saturated carbocycles. The highest BCUT2D eigenvalue weighted by Gasteiger charge is 2.18. The first kappa shape index (κ1) is 13.1. The third-order valence-electron chi connectivity index (χ3n) is 3.72. The van der Waals surface area contributed by atoms with E-state index >= 15 is 0 Å². The maximum atomic E-state index is 5.87. The van der Waals surface area contributed by atoms with E-state index in [4.69, 9.17) is 10.5 Å². The van der Waals surface area contributed by atoms with Crippen LogP contribution in [0.3, 0.4) is 0 Å². The van der Waals surface area contributed by atoms with E-state index in [9.17, 15) is 0 Å². The molecule has 0 spiro atoms. The van der Waals surface area contributed by atoms with E-state index in [2.05, 4.69) is 15.5 Å². The second-order valence-corrected chi connectivity index (χ2v) is 5.34. The molecule has 1 saturated heterocycles. The Morgan fingerprint density at radius 2 is 2.35 bits per heavy atom. The SMILES string of the molecule is Cc1ccc(N)cc1-c1nnnn1CC1CCCOC1. The van der Waals surface area contributed by atoms with Crippen LogP contribution in [-0.2, 0) is 11.3 Å². The van der Waals surface area contributed by atoms with E-state index < -0.39 is 0 Å². The van der Waals surface area contributed by atoms with Crippen LogP contribution in [0.25, 0.3) is 11.4 Å². The molecule has 2 heterocycles. The van der Waals surface area contributed by atoms with Gasteiger partial charge in [-0.1, -0.05) is 6.07 Å². The zero-order chi connectivity index (χ0) is 13.9. The molecule has 106 valence electrons. The summed E-state index contributed by atoms with van der Waals surface area (Å²) in [5.74, 6) is 1.26. The van der Waals surface area contributed by atoms with Crippen molar-refractivity contribution in [2.75, 3.05) is 18.9 Å². The average molecular weight is 273 g/mol. The van der Waals surface area contributed by atoms with Gasteiger partial charge in [0.25, 0.3) is 0 Å². The van der Waals surface area contributed by atoms with Crippen LogP contribution in [0.5, 0.6) is 0 Å². The van der Waals surface area contributed by atoms with E-state index in [1.165, 1.54) is 0 Å². The van der Waals surface area contributed by atoms with Crippen LogP contribution in [0, 0.1) is 12.8 Å². The third kappa shape index (κ3) is 2.65. The summed E-state index contributed by atoms with van der Waals surface area (Å²) in [7, 11) is 0. The van der Waals surface area contributed by atoms with Gasteiger partial charge in [-0.25, -0.2) is 4.68 Å². The number of nitrogens with zero attached hydrogens (tertiary/aromatic N) is 4. The number of nitrogen functional groups attached to an aromatic ring is 1. The monoisotopic (exact) mass is 273 g/mol. The molecule has 2 aromatic rings. The molecule has 2 N–H and O–H groups in total. The van der Waals surface area contributed by atoms with Crippen molar-refractivity contribution in [1.29, 1.82) is 0 Å². The van der Waals surface area contributed by atoms with Crippen LogP contribution in [0.4, 0.5) is 5.69 Å². The number of aromatic nitrogens is 4. The van der Waals surface area contributed by atoms with Crippen molar-refractivity contribution in [2.24, 2.45) is 5.92 Å². The maximum absolute atomic E-state index is 5.87. The Labute approximate surface area is 117 Å². The molecule has 3 rings (SSSR count). The molecule has 1 unspecified atom stereocenters. The second kappa shape index (κ2) is 5.58. The van der Waals surface area contributed by atoms with Crippen molar-refractivity contribution >= 4 is 5.69 Å². The van der Waals surface area contributed by atoms with Gasteiger partial charge in [-0.3, -0.25) is 0 Å². The lowest BCUT2D eigenvalue weighted by Crippen LogP contribution is -2.23. The van der Waals surface area contributed by atoms with E-state index in [0.29, 0.717) is 5.92 Å². The first-order chi connectivity index (χ1) is 9.74. The number of benzene rings is 1. The Morgan fingerprint density at radius 1 is 1.45 bits per heavy atom. The third-order valence-corrected chi connectivity index (χ3v) is 3.72. The van der Waals surface area contributed by atoms with Crippen LogP contribution < -0.4 is 5.73 Å². The Morgan fingerprint density at radius 3 is 3.15 bits per heavy atom. The number of aryl methyl sites for hydroxylation is 1. The lowest BCUT2D eigenvalue weighted by molar-refractivity contribution is 0.0470. The number of tetrazole rings is 1. The minimum absolute atomic E-state index is 0.479. The summed E-state index contributed by atoms with van der Waals surface area (Å²) in [6.07, 6.45) is 2.27. The van der Waals surface area contributed by atoms with Crippen molar-refractivity contribution in [1.82, 2.24) is 20.2 Å². The summed E-state index contributed by atoms with van der Waals surface area (Å²) in [5.41, 5.74) is 8.71. The van der Waals surface area contributed by atoms with Crippen molar-refractivity contribution < 1.29 is 4.74 Å². The standard InChI is InChI=1S/C14H19N5O/c1-10-4-5-12(15)7-13(10)14-16-17-18-19(14)8-11-3-2-6-20-9-11/h4-5,7,11H,2-3,6,8-9,15H2,1H3. The molecular weight excluding hydrogens is 254 g/mol. The summed E-state index contributed by atoms with van der Waals surface area (Å²) in [6, 6.07) is 5.81. The fourth-order valence-electron chi connectivity index (χ4n) is 2.60. The normalized spacial score (nSPS) is 19.1. The highest BCUT2D eigenvalue weighted by molar-refractivity contribution is 5.65. The van der Waals surface area contributed by atoms with Crippen molar-refractivity contribution in [3.8, 4) is 11.4 Å². The lowest BCUT2D eigenvalue weighted by atomic mass is 10.0. The molecular formula is C14H19N5O. The fourth-order valence-corrected chi connectivity index (χ4v) is 2.60. The van der Waals surface area contributed by atoms with Gasteiger partial charge in [-0.15, -0.1) is 5.10 Å². The number of ether oxygens (including phenoxy) is 1. The second-order valence-electron chi connectivity index (χ2n) is 5.34. The molecule has 1 aliphatic rings. The summed E-state index contributed by atoms with van der Waals surface area (Å²) >= 11 is 0. The largest absolute Gasteiger partial charge is 0.399 e. The molecule has 0 radical (unpaired) electrons. The molecule has 6 nitrogen and oxygen atoms in total. The summed E-state index contributed by atoms with van der Waals surface area (Å²) in [5, 5.41) is 12.1. The Balaban J connectivity index is 1.87.